The van der Waals surface area contributed by atoms with Gasteiger partial charge in [0, 0.05) is 43.2 Å². The van der Waals surface area contributed by atoms with Crippen molar-refractivity contribution in [3.05, 3.63) is 65.7 Å². The molecule has 11 heteroatoms. The second-order valence-corrected chi connectivity index (χ2v) is 8.49. The maximum atomic E-state index is 15.3. The molecule has 0 aliphatic heterocycles. The second kappa shape index (κ2) is 12.3. The van der Waals surface area contributed by atoms with Crippen molar-refractivity contribution in [3.8, 4) is 5.75 Å². The van der Waals surface area contributed by atoms with Crippen LogP contribution in [0.5, 0.6) is 5.75 Å². The lowest BCUT2D eigenvalue weighted by Gasteiger charge is -2.25. The first kappa shape index (κ1) is 27.5. The van der Waals surface area contributed by atoms with E-state index in [0.717, 1.165) is 0 Å². The molecule has 0 bridgehead atoms. The van der Waals surface area contributed by atoms with Crippen molar-refractivity contribution in [2.24, 2.45) is 21.5 Å². The first-order valence-electron chi connectivity index (χ1n) is 11.4. The SMILES string of the molecule is CN=C/C(=C\N)c1cc(OC(C)CN(C)C)c(C(N)=Nc2ccc3ncccc3c2F)c(N(O)OC)c1. The van der Waals surface area contributed by atoms with E-state index in [4.69, 9.17) is 21.0 Å². The average Bonchev–Trinajstić information content (AvgIpc) is 2.87. The van der Waals surface area contributed by atoms with Gasteiger partial charge in [0.1, 0.15) is 29.1 Å². The Morgan fingerprint density at radius 3 is 2.68 bits per heavy atom. The minimum atomic E-state index is -0.574. The van der Waals surface area contributed by atoms with Gasteiger partial charge in [-0.1, -0.05) is 0 Å². The number of benzene rings is 2. The highest BCUT2D eigenvalue weighted by molar-refractivity contribution is 6.12. The molecule has 0 radical (unpaired) electrons. The van der Waals surface area contributed by atoms with E-state index in [1.54, 1.807) is 49.8 Å². The lowest BCUT2D eigenvalue weighted by Crippen LogP contribution is -2.30. The van der Waals surface area contributed by atoms with Crippen LogP contribution in [0, 0.1) is 5.82 Å². The molecule has 5 N–H and O–H groups in total. The van der Waals surface area contributed by atoms with Gasteiger partial charge in [0.25, 0.3) is 0 Å². The number of nitrogens with zero attached hydrogens (tertiary/aromatic N) is 5. The fraction of sp³-hybridized carbons (Fsp3) is 0.269. The van der Waals surface area contributed by atoms with Gasteiger partial charge in [0.2, 0.25) is 0 Å². The minimum absolute atomic E-state index is 0.00267. The molecule has 0 saturated carbocycles. The van der Waals surface area contributed by atoms with Gasteiger partial charge in [0.15, 0.2) is 5.82 Å². The summed E-state index contributed by atoms with van der Waals surface area (Å²) in [7, 11) is 6.73. The Labute approximate surface area is 215 Å². The normalized spacial score (nSPS) is 13.5. The van der Waals surface area contributed by atoms with Gasteiger partial charge in [-0.25, -0.2) is 9.38 Å². The third-order valence-corrected chi connectivity index (χ3v) is 5.39. The number of ether oxygens (including phenoxy) is 1. The summed E-state index contributed by atoms with van der Waals surface area (Å²) in [5, 5.41) is 11.4. The van der Waals surface area contributed by atoms with Crippen LogP contribution in [-0.2, 0) is 4.84 Å². The van der Waals surface area contributed by atoms with E-state index in [1.165, 1.54) is 19.4 Å². The highest BCUT2D eigenvalue weighted by Gasteiger charge is 2.23. The van der Waals surface area contributed by atoms with Crippen LogP contribution in [0.2, 0.25) is 0 Å². The number of allylic oxidation sites excluding steroid dienone is 1. The van der Waals surface area contributed by atoms with Crippen LogP contribution in [0.1, 0.15) is 18.1 Å². The summed E-state index contributed by atoms with van der Waals surface area (Å²) in [5.74, 6) is -0.393. The maximum absolute atomic E-state index is 15.3. The maximum Gasteiger partial charge on any atom is 0.158 e. The van der Waals surface area contributed by atoms with E-state index in [0.29, 0.717) is 33.8 Å². The van der Waals surface area contributed by atoms with Crippen molar-refractivity contribution >= 4 is 39.9 Å². The first-order valence-corrected chi connectivity index (χ1v) is 11.4. The van der Waals surface area contributed by atoms with Gasteiger partial charge >= 0.3 is 0 Å². The van der Waals surface area contributed by atoms with E-state index in [1.807, 2.05) is 25.9 Å². The molecule has 2 aromatic carbocycles. The van der Waals surface area contributed by atoms with E-state index < -0.39 is 5.82 Å². The number of hydrogen-bond acceptors (Lipinski definition) is 9. The summed E-state index contributed by atoms with van der Waals surface area (Å²) in [6.07, 6.45) is 4.24. The summed E-state index contributed by atoms with van der Waals surface area (Å²) in [5.41, 5.74) is 14.2. The number of rotatable bonds is 10. The fourth-order valence-corrected chi connectivity index (χ4v) is 3.87. The zero-order valence-electron chi connectivity index (χ0n) is 21.5. The molecule has 0 saturated heterocycles. The Morgan fingerprint density at radius 1 is 1.27 bits per heavy atom. The summed E-state index contributed by atoms with van der Waals surface area (Å²) in [6, 6.07) is 9.69. The summed E-state index contributed by atoms with van der Waals surface area (Å²) in [4.78, 5) is 19.6. The zero-order chi connectivity index (χ0) is 27.1. The number of likely N-dealkylation sites (N-methyl/N-ethyl adjacent to an activating group) is 1. The van der Waals surface area contributed by atoms with Crippen molar-refractivity contribution in [2.45, 2.75) is 13.0 Å². The molecule has 0 aliphatic carbocycles. The van der Waals surface area contributed by atoms with Crippen LogP contribution in [0.15, 0.2) is 58.8 Å². The predicted molar refractivity (Wildman–Crippen MR) is 145 cm³/mol. The minimum Gasteiger partial charge on any atom is -0.489 e. The molecular weight excluding hydrogens is 477 g/mol. The Bertz CT molecular complexity index is 1340. The zero-order valence-corrected chi connectivity index (χ0v) is 21.5. The van der Waals surface area contributed by atoms with Crippen LogP contribution in [0.25, 0.3) is 16.5 Å². The molecule has 1 aromatic heterocycles. The largest absolute Gasteiger partial charge is 0.489 e. The Morgan fingerprint density at radius 2 is 2.03 bits per heavy atom. The van der Waals surface area contributed by atoms with Crippen molar-refractivity contribution in [2.75, 3.05) is 40.0 Å². The van der Waals surface area contributed by atoms with Crippen molar-refractivity contribution in [3.63, 3.8) is 0 Å². The van der Waals surface area contributed by atoms with Gasteiger partial charge in [-0.05, 0) is 63.0 Å². The molecule has 0 spiro atoms. The van der Waals surface area contributed by atoms with Crippen LogP contribution in [0.4, 0.5) is 15.8 Å². The number of aromatic nitrogens is 1. The molecule has 196 valence electrons. The number of anilines is 1. The van der Waals surface area contributed by atoms with Gasteiger partial charge in [-0.2, -0.15) is 0 Å². The van der Waals surface area contributed by atoms with Crippen molar-refractivity contribution in [1.29, 1.82) is 0 Å². The summed E-state index contributed by atoms with van der Waals surface area (Å²) >= 11 is 0. The monoisotopic (exact) mass is 509 g/mol. The molecule has 37 heavy (non-hydrogen) atoms. The molecule has 10 nitrogen and oxygen atoms in total. The molecule has 0 aliphatic rings. The van der Waals surface area contributed by atoms with Gasteiger partial charge in [-0.3, -0.25) is 20.0 Å². The molecule has 1 atom stereocenters. The lowest BCUT2D eigenvalue weighted by molar-refractivity contribution is -0.0112. The van der Waals surface area contributed by atoms with E-state index >= 15 is 4.39 Å². The van der Waals surface area contributed by atoms with E-state index in [9.17, 15) is 5.21 Å². The van der Waals surface area contributed by atoms with Crippen LogP contribution < -0.4 is 21.4 Å². The van der Waals surface area contributed by atoms with E-state index in [2.05, 4.69) is 15.0 Å². The lowest BCUT2D eigenvalue weighted by atomic mass is 10.0. The third kappa shape index (κ3) is 6.39. The average molecular weight is 510 g/mol. The number of aliphatic imine (C=N–C) groups is 2. The number of amidine groups is 1. The fourth-order valence-electron chi connectivity index (χ4n) is 3.87. The molecule has 0 fully saturated rings. The van der Waals surface area contributed by atoms with Crippen LogP contribution in [0.3, 0.4) is 0 Å². The Kier molecular flexibility index (Phi) is 9.12. The first-order chi connectivity index (χ1) is 17.7. The van der Waals surface area contributed by atoms with Gasteiger partial charge < -0.3 is 21.1 Å². The highest BCUT2D eigenvalue weighted by atomic mass is 19.1. The van der Waals surface area contributed by atoms with Crippen molar-refractivity contribution < 1.29 is 19.2 Å². The summed E-state index contributed by atoms with van der Waals surface area (Å²) < 4.78 is 21.5. The number of pyridine rings is 1. The quantitative estimate of drug-likeness (QED) is 0.215. The number of nitrogens with two attached hydrogens (primary N) is 2. The smallest absolute Gasteiger partial charge is 0.158 e. The van der Waals surface area contributed by atoms with E-state index in [-0.39, 0.29) is 34.6 Å². The number of fused-ring (bicyclic) bond motifs is 1. The van der Waals surface area contributed by atoms with Crippen LogP contribution >= 0.6 is 0 Å². The molecule has 3 aromatic rings. The topological polar surface area (TPSA) is 135 Å². The summed E-state index contributed by atoms with van der Waals surface area (Å²) in [6.45, 7) is 2.48. The van der Waals surface area contributed by atoms with Gasteiger partial charge in [0.05, 0.1) is 18.2 Å². The Balaban J connectivity index is 2.26. The number of halogens is 1. The second-order valence-electron chi connectivity index (χ2n) is 8.49. The number of hydrogen-bond donors (Lipinski definition) is 3. The third-order valence-electron chi connectivity index (χ3n) is 5.39. The van der Waals surface area contributed by atoms with Crippen molar-refractivity contribution in [1.82, 2.24) is 9.88 Å². The molecule has 1 unspecified atom stereocenters. The molecule has 3 rings (SSSR count). The van der Waals surface area contributed by atoms with Crippen LogP contribution in [-0.4, -0.2) is 68.0 Å². The molecule has 0 amide bonds. The Hall–Kier alpha value is -4.06. The predicted octanol–water partition coefficient (Wildman–Crippen LogP) is 3.50. The highest BCUT2D eigenvalue weighted by Crippen LogP contribution is 2.35. The molecule has 1 heterocycles. The standard InChI is InChI=1S/C26H32FN7O3/c1-16(15-33(3)4)37-23-12-17(18(13-28)14-30-2)11-22(34(35)36-5)24(23)26(29)32-21-9-8-20-19(25(21)27)7-6-10-31-20/h6-14,16,35H,15,28H2,1-5H3,(H2,29,32)/b18-13+,30-14?. The molecular formula is C26H32FN7O3. The van der Waals surface area contributed by atoms with Gasteiger partial charge in [-0.15, -0.1) is 5.23 Å².